The van der Waals surface area contributed by atoms with Crippen molar-refractivity contribution in [2.45, 2.75) is 37.8 Å². The number of halogens is 1. The Morgan fingerprint density at radius 1 is 1.38 bits per heavy atom. The van der Waals surface area contributed by atoms with E-state index in [-0.39, 0.29) is 12.1 Å². The zero-order valence-electron chi connectivity index (χ0n) is 9.30. The Morgan fingerprint density at radius 3 is 2.81 bits per heavy atom. The fourth-order valence-corrected chi connectivity index (χ4v) is 2.53. The van der Waals surface area contributed by atoms with Crippen LogP contribution >= 0.6 is 15.9 Å². The minimum atomic E-state index is -0.243. The SMILES string of the molecule is CN(c1cc(Br)ncn1)C1CCCCC1O. The average molecular weight is 286 g/mol. The van der Waals surface area contributed by atoms with Crippen molar-refractivity contribution in [3.8, 4) is 0 Å². The molecule has 2 rings (SSSR count). The summed E-state index contributed by atoms with van der Waals surface area (Å²) in [7, 11) is 1.98. The van der Waals surface area contributed by atoms with Gasteiger partial charge < -0.3 is 10.0 Å². The molecule has 0 radical (unpaired) electrons. The molecule has 0 saturated heterocycles. The third kappa shape index (κ3) is 2.52. The number of aromatic nitrogens is 2. The highest BCUT2D eigenvalue weighted by molar-refractivity contribution is 9.10. The Bertz CT molecular complexity index is 361. The van der Waals surface area contributed by atoms with E-state index < -0.39 is 0 Å². The molecule has 1 heterocycles. The van der Waals surface area contributed by atoms with Crippen LogP contribution in [-0.2, 0) is 0 Å². The summed E-state index contributed by atoms with van der Waals surface area (Å²) in [6, 6.07) is 2.05. The van der Waals surface area contributed by atoms with Crippen molar-refractivity contribution in [2.75, 3.05) is 11.9 Å². The van der Waals surface area contributed by atoms with E-state index in [1.807, 2.05) is 13.1 Å². The van der Waals surface area contributed by atoms with Gasteiger partial charge in [0.15, 0.2) is 0 Å². The molecule has 1 aliphatic carbocycles. The Hall–Kier alpha value is -0.680. The quantitative estimate of drug-likeness (QED) is 0.845. The highest BCUT2D eigenvalue weighted by atomic mass is 79.9. The van der Waals surface area contributed by atoms with Crippen LogP contribution in [0.2, 0.25) is 0 Å². The molecule has 0 spiro atoms. The van der Waals surface area contributed by atoms with E-state index in [0.29, 0.717) is 0 Å². The summed E-state index contributed by atoms with van der Waals surface area (Å²) in [5, 5.41) is 9.97. The molecule has 4 nitrogen and oxygen atoms in total. The van der Waals surface area contributed by atoms with Crippen LogP contribution < -0.4 is 4.90 Å². The maximum Gasteiger partial charge on any atom is 0.133 e. The van der Waals surface area contributed by atoms with Gasteiger partial charge in [-0.3, -0.25) is 0 Å². The maximum atomic E-state index is 9.97. The molecule has 1 aliphatic rings. The molecule has 0 aliphatic heterocycles. The molecule has 88 valence electrons. The van der Waals surface area contributed by atoms with Gasteiger partial charge in [-0.1, -0.05) is 12.8 Å². The highest BCUT2D eigenvalue weighted by Crippen LogP contribution is 2.26. The second-order valence-electron chi connectivity index (χ2n) is 4.23. The fraction of sp³-hybridized carbons (Fsp3) is 0.636. The third-order valence-electron chi connectivity index (χ3n) is 3.17. The van der Waals surface area contributed by atoms with Gasteiger partial charge in [-0.05, 0) is 28.8 Å². The van der Waals surface area contributed by atoms with Gasteiger partial charge >= 0.3 is 0 Å². The summed E-state index contributed by atoms with van der Waals surface area (Å²) in [5.41, 5.74) is 0. The molecule has 1 saturated carbocycles. The van der Waals surface area contributed by atoms with Gasteiger partial charge in [0, 0.05) is 13.1 Å². The molecule has 2 unspecified atom stereocenters. The maximum absolute atomic E-state index is 9.97. The van der Waals surface area contributed by atoms with Crippen molar-refractivity contribution in [2.24, 2.45) is 0 Å². The summed E-state index contributed by atoms with van der Waals surface area (Å²) in [6.45, 7) is 0. The molecule has 0 amide bonds. The lowest BCUT2D eigenvalue weighted by atomic mass is 9.91. The zero-order valence-corrected chi connectivity index (χ0v) is 10.9. The third-order valence-corrected chi connectivity index (χ3v) is 3.61. The van der Waals surface area contributed by atoms with Gasteiger partial charge in [-0.2, -0.15) is 0 Å². The second-order valence-corrected chi connectivity index (χ2v) is 5.04. The van der Waals surface area contributed by atoms with E-state index in [1.165, 1.54) is 12.7 Å². The van der Waals surface area contributed by atoms with Crippen LogP contribution in [-0.4, -0.2) is 34.3 Å². The molecule has 1 fully saturated rings. The first-order valence-corrected chi connectivity index (χ1v) is 6.36. The molecule has 16 heavy (non-hydrogen) atoms. The minimum absolute atomic E-state index is 0.176. The number of hydrogen-bond acceptors (Lipinski definition) is 4. The molecular weight excluding hydrogens is 270 g/mol. The molecule has 0 aromatic carbocycles. The molecule has 0 bridgehead atoms. The normalized spacial score (nSPS) is 25.4. The largest absolute Gasteiger partial charge is 0.391 e. The van der Waals surface area contributed by atoms with Crippen molar-refractivity contribution < 1.29 is 5.11 Å². The summed E-state index contributed by atoms with van der Waals surface area (Å²) in [5.74, 6) is 0.854. The van der Waals surface area contributed by atoms with E-state index in [4.69, 9.17) is 0 Å². The lowest BCUT2D eigenvalue weighted by Crippen LogP contribution is -2.43. The zero-order chi connectivity index (χ0) is 11.5. The van der Waals surface area contributed by atoms with Crippen molar-refractivity contribution in [3.05, 3.63) is 17.0 Å². The van der Waals surface area contributed by atoms with E-state index in [9.17, 15) is 5.11 Å². The topological polar surface area (TPSA) is 49.2 Å². The number of hydrogen-bond donors (Lipinski definition) is 1. The number of likely N-dealkylation sites (N-methyl/N-ethyl adjacent to an activating group) is 1. The molecule has 5 heteroatoms. The van der Waals surface area contributed by atoms with Crippen LogP contribution in [0.25, 0.3) is 0 Å². The Morgan fingerprint density at radius 2 is 2.12 bits per heavy atom. The smallest absolute Gasteiger partial charge is 0.133 e. The Balaban J connectivity index is 2.14. The summed E-state index contributed by atoms with van der Waals surface area (Å²) >= 11 is 3.33. The number of anilines is 1. The van der Waals surface area contributed by atoms with E-state index >= 15 is 0 Å². The average Bonchev–Trinajstić information content (AvgIpc) is 2.29. The van der Waals surface area contributed by atoms with Crippen molar-refractivity contribution in [3.63, 3.8) is 0 Å². The molecule has 1 aromatic heterocycles. The van der Waals surface area contributed by atoms with Crippen LogP contribution in [0.15, 0.2) is 17.0 Å². The van der Waals surface area contributed by atoms with Gasteiger partial charge in [0.1, 0.15) is 16.7 Å². The van der Waals surface area contributed by atoms with Crippen LogP contribution in [0, 0.1) is 0 Å². The van der Waals surface area contributed by atoms with Gasteiger partial charge in [-0.15, -0.1) is 0 Å². The number of aliphatic hydroxyl groups excluding tert-OH is 1. The van der Waals surface area contributed by atoms with Crippen LogP contribution in [0.4, 0.5) is 5.82 Å². The number of rotatable bonds is 2. The van der Waals surface area contributed by atoms with Crippen LogP contribution in [0.5, 0.6) is 0 Å². The predicted molar refractivity (Wildman–Crippen MR) is 66.4 cm³/mol. The number of aliphatic hydroxyl groups is 1. The second kappa shape index (κ2) is 5.10. The van der Waals surface area contributed by atoms with Crippen molar-refractivity contribution >= 4 is 21.7 Å². The molecule has 1 aromatic rings. The molecule has 2 atom stereocenters. The van der Waals surface area contributed by atoms with Crippen molar-refractivity contribution in [1.29, 1.82) is 0 Å². The fourth-order valence-electron chi connectivity index (χ4n) is 2.23. The van der Waals surface area contributed by atoms with E-state index in [1.54, 1.807) is 0 Å². The first-order chi connectivity index (χ1) is 7.68. The Labute approximate surface area is 104 Å². The lowest BCUT2D eigenvalue weighted by molar-refractivity contribution is 0.106. The van der Waals surface area contributed by atoms with E-state index in [2.05, 4.69) is 30.8 Å². The Kier molecular flexibility index (Phi) is 3.76. The number of nitrogens with zero attached hydrogens (tertiary/aromatic N) is 3. The van der Waals surface area contributed by atoms with E-state index in [0.717, 1.165) is 29.7 Å². The van der Waals surface area contributed by atoms with Crippen molar-refractivity contribution in [1.82, 2.24) is 9.97 Å². The van der Waals surface area contributed by atoms with Crippen LogP contribution in [0.3, 0.4) is 0 Å². The predicted octanol–water partition coefficient (Wildman–Crippen LogP) is 1.98. The summed E-state index contributed by atoms with van der Waals surface area (Å²) < 4.78 is 0.773. The summed E-state index contributed by atoms with van der Waals surface area (Å²) in [6.07, 6.45) is 5.51. The minimum Gasteiger partial charge on any atom is -0.391 e. The summed E-state index contributed by atoms with van der Waals surface area (Å²) in [4.78, 5) is 10.3. The van der Waals surface area contributed by atoms with Gasteiger partial charge in [0.05, 0.1) is 12.1 Å². The first kappa shape index (κ1) is 11.8. The lowest BCUT2D eigenvalue weighted by Gasteiger charge is -2.35. The van der Waals surface area contributed by atoms with Gasteiger partial charge in [-0.25, -0.2) is 9.97 Å². The molecular formula is C11H16BrN3O. The van der Waals surface area contributed by atoms with Gasteiger partial charge in [0.2, 0.25) is 0 Å². The standard InChI is InChI=1S/C11H16BrN3O/c1-15(8-4-2-3-5-9(8)16)11-6-10(12)13-7-14-11/h6-9,16H,2-5H2,1H3. The highest BCUT2D eigenvalue weighted by Gasteiger charge is 2.27. The van der Waals surface area contributed by atoms with Crippen LogP contribution in [0.1, 0.15) is 25.7 Å². The van der Waals surface area contributed by atoms with Gasteiger partial charge in [0.25, 0.3) is 0 Å². The molecule has 1 N–H and O–H groups in total. The first-order valence-electron chi connectivity index (χ1n) is 5.57. The monoisotopic (exact) mass is 285 g/mol.